The Kier molecular flexibility index (Phi) is 6.12. The summed E-state index contributed by atoms with van der Waals surface area (Å²) in [5.74, 6) is -0.655. The molecule has 1 fully saturated rings. The molecule has 5 rings (SSSR count). The highest BCUT2D eigenvalue weighted by atomic mass is 35.5. The van der Waals surface area contributed by atoms with Crippen molar-refractivity contribution in [3.63, 3.8) is 0 Å². The first-order valence-electron chi connectivity index (χ1n) is 10.8. The zero-order valence-electron chi connectivity index (χ0n) is 18.1. The molecule has 2 aromatic heterocycles. The largest absolute Gasteiger partial charge is 0.337 e. The first-order chi connectivity index (χ1) is 16.5. The molecule has 1 aliphatic rings. The molecule has 0 N–H and O–H groups in total. The molecule has 8 nitrogen and oxygen atoms in total. The number of imide groups is 1. The van der Waals surface area contributed by atoms with E-state index in [1.54, 1.807) is 47.8 Å². The second kappa shape index (κ2) is 9.36. The van der Waals surface area contributed by atoms with Crippen molar-refractivity contribution < 1.29 is 14.4 Å². The molecular weight excluding hydrogens is 474 g/mol. The molecule has 0 aliphatic carbocycles. The van der Waals surface area contributed by atoms with Gasteiger partial charge in [0, 0.05) is 48.9 Å². The predicted molar refractivity (Wildman–Crippen MR) is 131 cm³/mol. The van der Waals surface area contributed by atoms with Gasteiger partial charge < -0.3 is 4.57 Å². The number of amides is 3. The van der Waals surface area contributed by atoms with Crippen LogP contribution in [0, 0.1) is 0 Å². The number of rotatable bonds is 7. The third-order valence-electron chi connectivity index (χ3n) is 5.60. The molecule has 3 heterocycles. The average molecular weight is 494 g/mol. The van der Waals surface area contributed by atoms with Crippen molar-refractivity contribution in [1.82, 2.24) is 14.5 Å². The fourth-order valence-corrected chi connectivity index (χ4v) is 5.16. The number of carbonyl (C=O) groups is 3. The number of fused-ring (bicyclic) bond motifs is 1. The van der Waals surface area contributed by atoms with E-state index in [0.29, 0.717) is 40.9 Å². The van der Waals surface area contributed by atoms with Crippen LogP contribution in [0.1, 0.15) is 29.6 Å². The zero-order chi connectivity index (χ0) is 23.7. The van der Waals surface area contributed by atoms with E-state index in [0.717, 1.165) is 10.2 Å². The third-order valence-corrected chi connectivity index (χ3v) is 6.87. The summed E-state index contributed by atoms with van der Waals surface area (Å²) in [4.78, 5) is 49.2. The molecule has 0 bridgehead atoms. The van der Waals surface area contributed by atoms with Crippen LogP contribution in [-0.2, 0) is 16.1 Å². The van der Waals surface area contributed by atoms with Crippen molar-refractivity contribution in [3.05, 3.63) is 71.8 Å². The lowest BCUT2D eigenvalue weighted by Gasteiger charge is -2.21. The van der Waals surface area contributed by atoms with E-state index in [9.17, 15) is 14.4 Å². The normalized spacial score (nSPS) is 13.7. The number of benzene rings is 2. The standard InChI is InChI=1S/C24H20ClN5O3S/c25-17-4-7-19-20(14-17)34-24(27-19)29(12-1-11-28-13-10-26-15-28)23(33)16-2-5-18(6-3-16)30-21(31)8-9-22(30)32/h2-7,10,13-15H,1,8-9,11-12H2. The fraction of sp³-hybridized carbons (Fsp3) is 0.208. The van der Waals surface area contributed by atoms with Crippen molar-refractivity contribution in [3.8, 4) is 0 Å². The Bertz CT molecular complexity index is 1350. The van der Waals surface area contributed by atoms with E-state index in [4.69, 9.17) is 11.6 Å². The van der Waals surface area contributed by atoms with E-state index in [1.165, 1.54) is 16.2 Å². The minimum Gasteiger partial charge on any atom is -0.337 e. The van der Waals surface area contributed by atoms with Crippen molar-refractivity contribution in [2.24, 2.45) is 0 Å². The van der Waals surface area contributed by atoms with Crippen LogP contribution in [0.25, 0.3) is 10.2 Å². The first kappa shape index (κ1) is 22.2. The number of thiazole rings is 1. The minimum atomic E-state index is -0.224. The molecule has 0 spiro atoms. The Morgan fingerprint density at radius 3 is 2.56 bits per heavy atom. The number of nitrogens with zero attached hydrogens (tertiary/aromatic N) is 5. The van der Waals surface area contributed by atoms with Gasteiger partial charge in [-0.05, 0) is 48.9 Å². The summed E-state index contributed by atoms with van der Waals surface area (Å²) >= 11 is 7.54. The number of imidazole rings is 1. The maximum Gasteiger partial charge on any atom is 0.260 e. The van der Waals surface area contributed by atoms with Gasteiger partial charge in [0.15, 0.2) is 5.13 Å². The zero-order valence-corrected chi connectivity index (χ0v) is 19.6. The highest BCUT2D eigenvalue weighted by Crippen LogP contribution is 2.32. The van der Waals surface area contributed by atoms with Crippen LogP contribution in [0.2, 0.25) is 5.02 Å². The maximum atomic E-state index is 13.5. The van der Waals surface area contributed by atoms with E-state index >= 15 is 0 Å². The van der Waals surface area contributed by atoms with E-state index in [2.05, 4.69) is 9.97 Å². The van der Waals surface area contributed by atoms with Gasteiger partial charge in [0.25, 0.3) is 5.91 Å². The molecule has 2 aromatic carbocycles. The summed E-state index contributed by atoms with van der Waals surface area (Å²) in [7, 11) is 0. The fourth-order valence-electron chi connectivity index (χ4n) is 3.89. The summed E-state index contributed by atoms with van der Waals surface area (Å²) in [5, 5.41) is 1.20. The van der Waals surface area contributed by atoms with Gasteiger partial charge in [-0.1, -0.05) is 22.9 Å². The van der Waals surface area contributed by atoms with Gasteiger partial charge in [-0.15, -0.1) is 0 Å². The van der Waals surface area contributed by atoms with Crippen LogP contribution in [0.15, 0.2) is 61.2 Å². The van der Waals surface area contributed by atoms with Crippen LogP contribution < -0.4 is 9.80 Å². The second-order valence-corrected chi connectivity index (χ2v) is 9.33. The van der Waals surface area contributed by atoms with Crippen molar-refractivity contribution >= 4 is 61.7 Å². The summed E-state index contributed by atoms with van der Waals surface area (Å²) in [6, 6.07) is 12.0. The van der Waals surface area contributed by atoms with Gasteiger partial charge in [-0.2, -0.15) is 0 Å². The van der Waals surface area contributed by atoms with Gasteiger partial charge in [0.2, 0.25) is 11.8 Å². The predicted octanol–water partition coefficient (Wildman–Crippen LogP) is 4.54. The topological polar surface area (TPSA) is 88.4 Å². The van der Waals surface area contributed by atoms with Gasteiger partial charge in [0.1, 0.15) is 0 Å². The van der Waals surface area contributed by atoms with Crippen LogP contribution in [0.3, 0.4) is 0 Å². The van der Waals surface area contributed by atoms with Crippen molar-refractivity contribution in [2.45, 2.75) is 25.8 Å². The Morgan fingerprint density at radius 1 is 1.09 bits per heavy atom. The number of aromatic nitrogens is 3. The minimum absolute atomic E-state index is 0.207. The second-order valence-electron chi connectivity index (χ2n) is 7.89. The molecule has 10 heteroatoms. The molecular formula is C24H20ClN5O3S. The summed E-state index contributed by atoms with van der Waals surface area (Å²) in [5.41, 5.74) is 1.70. The average Bonchev–Trinajstić information content (AvgIpc) is 3.57. The molecule has 1 saturated heterocycles. The Labute approximate surface area is 204 Å². The van der Waals surface area contributed by atoms with E-state index in [-0.39, 0.29) is 30.6 Å². The Morgan fingerprint density at radius 2 is 1.85 bits per heavy atom. The molecule has 4 aromatic rings. The quantitative estimate of drug-likeness (QED) is 0.353. The van der Waals surface area contributed by atoms with Crippen LogP contribution >= 0.6 is 22.9 Å². The van der Waals surface area contributed by atoms with Crippen LogP contribution in [0.4, 0.5) is 10.8 Å². The van der Waals surface area contributed by atoms with Crippen molar-refractivity contribution in [1.29, 1.82) is 0 Å². The lowest BCUT2D eigenvalue weighted by molar-refractivity contribution is -0.121. The van der Waals surface area contributed by atoms with Crippen LogP contribution in [0.5, 0.6) is 0 Å². The molecule has 0 saturated carbocycles. The van der Waals surface area contributed by atoms with Crippen LogP contribution in [-0.4, -0.2) is 38.8 Å². The number of anilines is 2. The summed E-state index contributed by atoms with van der Waals surface area (Å²) < 4.78 is 2.86. The summed E-state index contributed by atoms with van der Waals surface area (Å²) in [6.45, 7) is 1.16. The third kappa shape index (κ3) is 4.44. The van der Waals surface area contributed by atoms with E-state index in [1.807, 2.05) is 22.9 Å². The smallest absolute Gasteiger partial charge is 0.260 e. The van der Waals surface area contributed by atoms with Gasteiger partial charge in [0.05, 0.1) is 22.2 Å². The molecule has 0 radical (unpaired) electrons. The van der Waals surface area contributed by atoms with Gasteiger partial charge >= 0.3 is 0 Å². The number of hydrogen-bond acceptors (Lipinski definition) is 6. The number of hydrogen-bond donors (Lipinski definition) is 0. The summed E-state index contributed by atoms with van der Waals surface area (Å²) in [6.07, 6.45) is 6.47. The molecule has 172 valence electrons. The molecule has 0 atom stereocenters. The maximum absolute atomic E-state index is 13.5. The number of aryl methyl sites for hydroxylation is 1. The molecule has 0 unspecified atom stereocenters. The lowest BCUT2D eigenvalue weighted by Crippen LogP contribution is -2.32. The number of carbonyl (C=O) groups excluding carboxylic acids is 3. The van der Waals surface area contributed by atoms with Crippen molar-refractivity contribution in [2.75, 3.05) is 16.3 Å². The highest BCUT2D eigenvalue weighted by molar-refractivity contribution is 7.22. The molecule has 3 amide bonds. The Balaban J connectivity index is 1.41. The SMILES string of the molecule is O=C(c1ccc(N2C(=O)CCC2=O)cc1)N(CCCn1ccnc1)c1nc2ccc(Cl)cc2s1. The van der Waals surface area contributed by atoms with E-state index < -0.39 is 0 Å². The van der Waals surface area contributed by atoms with Gasteiger partial charge in [-0.25, -0.2) is 9.97 Å². The monoisotopic (exact) mass is 493 g/mol. The molecule has 1 aliphatic heterocycles. The Hall–Kier alpha value is -3.56. The number of halogens is 1. The molecule has 34 heavy (non-hydrogen) atoms. The lowest BCUT2D eigenvalue weighted by atomic mass is 10.1. The highest BCUT2D eigenvalue weighted by Gasteiger charge is 2.30. The van der Waals surface area contributed by atoms with Gasteiger partial charge in [-0.3, -0.25) is 24.2 Å². The first-order valence-corrected chi connectivity index (χ1v) is 12.0.